The summed E-state index contributed by atoms with van der Waals surface area (Å²) >= 11 is 0. The second kappa shape index (κ2) is 6.41. The highest BCUT2D eigenvalue weighted by Gasteiger charge is 2.32. The molecule has 0 radical (unpaired) electrons. The van der Waals surface area contributed by atoms with E-state index in [1.807, 2.05) is 67.1 Å². The summed E-state index contributed by atoms with van der Waals surface area (Å²) in [6, 6.07) is 15.9. The van der Waals surface area contributed by atoms with Crippen LogP contribution in [0.3, 0.4) is 0 Å². The van der Waals surface area contributed by atoms with Gasteiger partial charge in [-0.3, -0.25) is 4.79 Å². The summed E-state index contributed by atoms with van der Waals surface area (Å²) in [5.74, 6) is 1.35. The number of aromatic nitrogens is 3. The molecule has 5 heteroatoms. The average Bonchev–Trinajstić information content (AvgIpc) is 3.42. The molecule has 0 spiro atoms. The highest BCUT2D eigenvalue weighted by atomic mass is 16.2. The maximum absolute atomic E-state index is 13.0. The first-order chi connectivity index (χ1) is 12.6. The van der Waals surface area contributed by atoms with Gasteiger partial charge in [-0.1, -0.05) is 30.3 Å². The van der Waals surface area contributed by atoms with Crippen LogP contribution in [0.4, 0.5) is 5.69 Å². The molecule has 3 aromatic rings. The zero-order chi connectivity index (χ0) is 18.3. The number of rotatable bonds is 4. The fraction of sp³-hybridized carbons (Fsp3) is 0.286. The maximum atomic E-state index is 13.0. The van der Waals surface area contributed by atoms with Crippen LogP contribution < -0.4 is 4.90 Å². The normalized spacial score (nSPS) is 13.7. The number of aryl methyl sites for hydroxylation is 1. The van der Waals surface area contributed by atoms with Gasteiger partial charge in [-0.25, -0.2) is 9.67 Å². The molecule has 5 nitrogen and oxygen atoms in total. The van der Waals surface area contributed by atoms with E-state index in [9.17, 15) is 4.79 Å². The van der Waals surface area contributed by atoms with Crippen LogP contribution in [-0.2, 0) is 0 Å². The van der Waals surface area contributed by atoms with Crippen LogP contribution in [0.1, 0.15) is 46.3 Å². The highest BCUT2D eigenvalue weighted by molar-refractivity contribution is 6.03. The Morgan fingerprint density at radius 3 is 2.50 bits per heavy atom. The molecule has 0 bridgehead atoms. The van der Waals surface area contributed by atoms with E-state index in [0.717, 1.165) is 41.2 Å². The van der Waals surface area contributed by atoms with E-state index in [1.54, 1.807) is 11.9 Å². The third kappa shape index (κ3) is 2.90. The summed E-state index contributed by atoms with van der Waals surface area (Å²) in [6.07, 6.45) is 2.21. The predicted octanol–water partition coefficient (Wildman–Crippen LogP) is 4.04. The Balaban J connectivity index is 1.71. The van der Waals surface area contributed by atoms with Gasteiger partial charge in [-0.15, -0.1) is 5.10 Å². The zero-order valence-electron chi connectivity index (χ0n) is 15.3. The lowest BCUT2D eigenvalue weighted by Gasteiger charge is -2.19. The Morgan fingerprint density at radius 1 is 1.08 bits per heavy atom. The van der Waals surface area contributed by atoms with Crippen molar-refractivity contribution in [2.75, 3.05) is 11.9 Å². The summed E-state index contributed by atoms with van der Waals surface area (Å²) < 4.78 is 1.82. The minimum absolute atomic E-state index is 0.185. The number of carbonyl (C=O) groups excluding carboxylic acids is 1. The Morgan fingerprint density at radius 2 is 1.81 bits per heavy atom. The van der Waals surface area contributed by atoms with E-state index in [-0.39, 0.29) is 11.7 Å². The second-order valence-corrected chi connectivity index (χ2v) is 6.90. The molecule has 0 saturated heterocycles. The third-order valence-corrected chi connectivity index (χ3v) is 5.01. The molecule has 132 valence electrons. The monoisotopic (exact) mass is 346 g/mol. The molecule has 1 saturated carbocycles. The lowest BCUT2D eigenvalue weighted by molar-refractivity contribution is 0.0983. The van der Waals surface area contributed by atoms with Crippen molar-refractivity contribution in [1.29, 1.82) is 0 Å². The van der Waals surface area contributed by atoms with Crippen molar-refractivity contribution in [1.82, 2.24) is 14.8 Å². The van der Waals surface area contributed by atoms with Crippen molar-refractivity contribution >= 4 is 11.6 Å². The summed E-state index contributed by atoms with van der Waals surface area (Å²) in [5, 5.41) is 4.55. The van der Waals surface area contributed by atoms with Gasteiger partial charge >= 0.3 is 0 Å². The van der Waals surface area contributed by atoms with E-state index in [2.05, 4.69) is 10.1 Å². The fourth-order valence-corrected chi connectivity index (χ4v) is 3.14. The van der Waals surface area contributed by atoms with E-state index in [4.69, 9.17) is 0 Å². The quantitative estimate of drug-likeness (QED) is 0.716. The SMILES string of the molecule is Cc1cccc(N(C)C(=O)c2nc(C3CC3)n(-c3ccccc3)n2)c1C. The molecule has 0 aliphatic heterocycles. The van der Waals surface area contributed by atoms with Crippen LogP contribution in [0.15, 0.2) is 48.5 Å². The van der Waals surface area contributed by atoms with Gasteiger partial charge in [0, 0.05) is 18.7 Å². The van der Waals surface area contributed by atoms with Gasteiger partial charge in [0.25, 0.3) is 5.91 Å². The Hall–Kier alpha value is -2.95. The number of hydrogen-bond acceptors (Lipinski definition) is 3. The van der Waals surface area contributed by atoms with E-state index >= 15 is 0 Å². The molecule has 2 aromatic carbocycles. The van der Waals surface area contributed by atoms with Gasteiger partial charge in [-0.2, -0.15) is 0 Å². The van der Waals surface area contributed by atoms with Crippen LogP contribution in [0.2, 0.25) is 0 Å². The van der Waals surface area contributed by atoms with Crippen molar-refractivity contribution in [3.63, 3.8) is 0 Å². The maximum Gasteiger partial charge on any atom is 0.297 e. The topological polar surface area (TPSA) is 51.0 Å². The first-order valence-electron chi connectivity index (χ1n) is 8.93. The summed E-state index contributed by atoms with van der Waals surface area (Å²) in [6.45, 7) is 4.07. The van der Waals surface area contributed by atoms with Gasteiger partial charge in [-0.05, 0) is 56.0 Å². The Kier molecular flexibility index (Phi) is 4.07. The number of carbonyl (C=O) groups is 1. The largest absolute Gasteiger partial charge is 0.308 e. The van der Waals surface area contributed by atoms with Crippen LogP contribution in [0.5, 0.6) is 0 Å². The average molecular weight is 346 g/mol. The van der Waals surface area contributed by atoms with Gasteiger partial charge < -0.3 is 4.90 Å². The number of para-hydroxylation sites is 1. The van der Waals surface area contributed by atoms with Crippen molar-refractivity contribution in [3.05, 3.63) is 71.3 Å². The molecule has 26 heavy (non-hydrogen) atoms. The van der Waals surface area contributed by atoms with Gasteiger partial charge in [0.05, 0.1) is 5.69 Å². The molecular formula is C21H22N4O. The third-order valence-electron chi connectivity index (χ3n) is 5.01. The van der Waals surface area contributed by atoms with Crippen LogP contribution >= 0.6 is 0 Å². The molecule has 0 atom stereocenters. The smallest absolute Gasteiger partial charge is 0.297 e. The molecule has 4 rings (SSSR count). The van der Waals surface area contributed by atoms with Crippen LogP contribution in [0.25, 0.3) is 5.69 Å². The fourth-order valence-electron chi connectivity index (χ4n) is 3.14. The van der Waals surface area contributed by atoms with E-state index in [1.165, 1.54) is 0 Å². The molecule has 0 unspecified atom stereocenters. The number of anilines is 1. The lowest BCUT2D eigenvalue weighted by Crippen LogP contribution is -2.28. The molecule has 1 aliphatic carbocycles. The molecule has 1 aromatic heterocycles. The van der Waals surface area contributed by atoms with Crippen molar-refractivity contribution in [2.45, 2.75) is 32.6 Å². The van der Waals surface area contributed by atoms with E-state index < -0.39 is 0 Å². The van der Waals surface area contributed by atoms with Crippen molar-refractivity contribution < 1.29 is 4.79 Å². The first-order valence-corrected chi connectivity index (χ1v) is 8.93. The summed E-state index contributed by atoms with van der Waals surface area (Å²) in [4.78, 5) is 19.3. The number of amides is 1. The minimum Gasteiger partial charge on any atom is -0.308 e. The van der Waals surface area contributed by atoms with E-state index in [0.29, 0.717) is 5.92 Å². The molecule has 1 heterocycles. The lowest BCUT2D eigenvalue weighted by atomic mass is 10.1. The number of nitrogens with zero attached hydrogens (tertiary/aromatic N) is 4. The first kappa shape index (κ1) is 16.5. The van der Waals surface area contributed by atoms with Crippen LogP contribution in [-0.4, -0.2) is 27.7 Å². The molecular weight excluding hydrogens is 324 g/mol. The summed E-state index contributed by atoms with van der Waals surface area (Å²) in [7, 11) is 1.78. The Labute approximate surface area is 153 Å². The van der Waals surface area contributed by atoms with Gasteiger partial charge in [0.15, 0.2) is 0 Å². The number of hydrogen-bond donors (Lipinski definition) is 0. The molecule has 1 amide bonds. The molecule has 0 N–H and O–H groups in total. The number of benzene rings is 2. The van der Waals surface area contributed by atoms with Crippen molar-refractivity contribution in [3.8, 4) is 5.69 Å². The van der Waals surface area contributed by atoms with Gasteiger partial charge in [0.2, 0.25) is 5.82 Å². The second-order valence-electron chi connectivity index (χ2n) is 6.90. The molecule has 1 aliphatic rings. The minimum atomic E-state index is -0.185. The summed E-state index contributed by atoms with van der Waals surface area (Å²) in [5.41, 5.74) is 4.08. The van der Waals surface area contributed by atoms with Crippen LogP contribution in [0, 0.1) is 13.8 Å². The van der Waals surface area contributed by atoms with Crippen molar-refractivity contribution in [2.24, 2.45) is 0 Å². The highest BCUT2D eigenvalue weighted by Crippen LogP contribution is 2.39. The standard InChI is InChI=1S/C21H22N4O/c1-14-8-7-11-18(15(14)2)24(3)21(26)19-22-20(16-12-13-16)25(23-19)17-9-5-4-6-10-17/h4-11,16H,12-13H2,1-3H3. The predicted molar refractivity (Wildman–Crippen MR) is 102 cm³/mol. The molecule has 1 fully saturated rings. The van der Waals surface area contributed by atoms with Gasteiger partial charge in [0.1, 0.15) is 5.82 Å². The Bertz CT molecular complexity index is 957. The zero-order valence-corrected chi connectivity index (χ0v) is 15.3.